The molecule has 1 amide bonds. The lowest BCUT2D eigenvalue weighted by atomic mass is 9.99. The second-order valence-corrected chi connectivity index (χ2v) is 5.52. The van der Waals surface area contributed by atoms with E-state index in [0.717, 1.165) is 9.13 Å². The van der Waals surface area contributed by atoms with Gasteiger partial charge in [0.1, 0.15) is 6.10 Å². The lowest BCUT2D eigenvalue weighted by molar-refractivity contribution is 0.0739. The Bertz CT molecular complexity index is 398. The molecule has 0 saturated carbocycles. The second-order valence-electron chi connectivity index (χ2n) is 4.28. The van der Waals surface area contributed by atoms with Gasteiger partial charge in [-0.3, -0.25) is 0 Å². The van der Waals surface area contributed by atoms with Crippen LogP contribution in [0.1, 0.15) is 25.0 Å². The second kappa shape index (κ2) is 7.58. The summed E-state index contributed by atoms with van der Waals surface area (Å²) in [5.41, 5.74) is 6.09. The number of hydrogen-bond acceptors (Lipinski definition) is 3. The number of rotatable bonds is 6. The van der Waals surface area contributed by atoms with Crippen LogP contribution in [0.15, 0.2) is 24.3 Å². The molecule has 0 saturated heterocycles. The van der Waals surface area contributed by atoms with Crippen LogP contribution in [0.3, 0.4) is 0 Å². The molecule has 0 aliphatic carbocycles. The smallest absolute Gasteiger partial charge is 0.405 e. The number of hydrogen-bond donors (Lipinski definition) is 1. The van der Waals surface area contributed by atoms with E-state index in [-0.39, 0.29) is 12.0 Å². The summed E-state index contributed by atoms with van der Waals surface area (Å²) >= 11 is 2.23. The Hall–Kier alpha value is -0.820. The Labute approximate surface area is 121 Å². The Balaban J connectivity index is 2.80. The number of carbonyl (C=O) groups excluding carboxylic acids is 1. The summed E-state index contributed by atoms with van der Waals surface area (Å²) in [6, 6.07) is 7.86. The normalized spacial score (nSPS) is 13.9. The van der Waals surface area contributed by atoms with Gasteiger partial charge in [0.15, 0.2) is 0 Å². The van der Waals surface area contributed by atoms with Gasteiger partial charge < -0.3 is 15.2 Å². The Kier molecular flexibility index (Phi) is 6.42. The van der Waals surface area contributed by atoms with Gasteiger partial charge in [-0.2, -0.15) is 0 Å². The number of methoxy groups -OCH3 is 1. The molecule has 2 N–H and O–H groups in total. The topological polar surface area (TPSA) is 61.6 Å². The van der Waals surface area contributed by atoms with Crippen molar-refractivity contribution in [3.05, 3.63) is 33.4 Å². The number of nitrogens with two attached hydrogens (primary N) is 1. The van der Waals surface area contributed by atoms with Crippen molar-refractivity contribution in [3.63, 3.8) is 0 Å². The standard InChI is InChI=1S/C13H18INO3/c1-9(8-17-2)6-12(18-13(15)16)10-4-3-5-11(14)7-10/h3-5,7,9,12H,6,8H2,1-2H3,(H2,15,16)/t9-,12-/m0/s1. The maximum absolute atomic E-state index is 11.0. The Morgan fingerprint density at radius 3 is 2.78 bits per heavy atom. The highest BCUT2D eigenvalue weighted by Crippen LogP contribution is 2.26. The first kappa shape index (κ1) is 15.2. The van der Waals surface area contributed by atoms with Crippen LogP contribution in [-0.2, 0) is 9.47 Å². The van der Waals surface area contributed by atoms with Crippen molar-refractivity contribution in [2.24, 2.45) is 11.7 Å². The third-order valence-electron chi connectivity index (χ3n) is 2.55. The SMILES string of the molecule is COC[C@@H](C)C[C@H](OC(N)=O)c1cccc(I)c1. The van der Waals surface area contributed by atoms with Crippen molar-refractivity contribution >= 4 is 28.7 Å². The highest BCUT2D eigenvalue weighted by molar-refractivity contribution is 14.1. The zero-order chi connectivity index (χ0) is 13.5. The Morgan fingerprint density at radius 1 is 1.50 bits per heavy atom. The van der Waals surface area contributed by atoms with Gasteiger partial charge in [0, 0.05) is 17.3 Å². The molecular weight excluding hydrogens is 345 g/mol. The van der Waals surface area contributed by atoms with Gasteiger partial charge >= 0.3 is 6.09 Å². The van der Waals surface area contributed by atoms with Crippen LogP contribution in [-0.4, -0.2) is 19.8 Å². The molecule has 0 spiro atoms. The summed E-state index contributed by atoms with van der Waals surface area (Å²) in [5.74, 6) is 0.289. The van der Waals surface area contributed by atoms with Gasteiger partial charge in [0.2, 0.25) is 0 Å². The minimum Gasteiger partial charge on any atom is -0.442 e. The molecule has 5 heteroatoms. The summed E-state index contributed by atoms with van der Waals surface area (Å²) in [5, 5.41) is 0. The van der Waals surface area contributed by atoms with Crippen molar-refractivity contribution in [1.82, 2.24) is 0 Å². The van der Waals surface area contributed by atoms with Gasteiger partial charge in [-0.05, 0) is 52.6 Å². The molecule has 0 unspecified atom stereocenters. The van der Waals surface area contributed by atoms with Crippen LogP contribution in [0, 0.1) is 9.49 Å². The van der Waals surface area contributed by atoms with E-state index < -0.39 is 6.09 Å². The number of primary amides is 1. The molecule has 18 heavy (non-hydrogen) atoms. The van der Waals surface area contributed by atoms with E-state index >= 15 is 0 Å². The summed E-state index contributed by atoms with van der Waals surface area (Å²) in [4.78, 5) is 11.0. The minimum atomic E-state index is -0.747. The molecule has 1 aromatic rings. The van der Waals surface area contributed by atoms with E-state index in [2.05, 4.69) is 29.5 Å². The van der Waals surface area contributed by atoms with E-state index in [1.807, 2.05) is 24.3 Å². The molecule has 2 atom stereocenters. The van der Waals surface area contributed by atoms with Crippen LogP contribution in [0.4, 0.5) is 4.79 Å². The fraction of sp³-hybridized carbons (Fsp3) is 0.462. The zero-order valence-electron chi connectivity index (χ0n) is 10.6. The summed E-state index contributed by atoms with van der Waals surface area (Å²) in [6.45, 7) is 2.68. The van der Waals surface area contributed by atoms with Crippen LogP contribution >= 0.6 is 22.6 Å². The lowest BCUT2D eigenvalue weighted by Crippen LogP contribution is -2.20. The number of carbonyl (C=O) groups is 1. The first-order valence-corrected chi connectivity index (χ1v) is 6.81. The molecule has 100 valence electrons. The predicted molar refractivity (Wildman–Crippen MR) is 78.2 cm³/mol. The average Bonchev–Trinajstić information content (AvgIpc) is 2.28. The first-order valence-electron chi connectivity index (χ1n) is 5.73. The lowest BCUT2D eigenvalue weighted by Gasteiger charge is -2.20. The Morgan fingerprint density at radius 2 is 2.22 bits per heavy atom. The number of amides is 1. The van der Waals surface area contributed by atoms with Crippen molar-refractivity contribution in [2.75, 3.05) is 13.7 Å². The van der Waals surface area contributed by atoms with Crippen LogP contribution in [0.25, 0.3) is 0 Å². The van der Waals surface area contributed by atoms with Gasteiger partial charge in [-0.1, -0.05) is 19.1 Å². The molecule has 0 fully saturated rings. The largest absolute Gasteiger partial charge is 0.442 e. The molecule has 0 aliphatic heterocycles. The number of benzene rings is 1. The van der Waals surface area contributed by atoms with E-state index in [1.54, 1.807) is 7.11 Å². The molecule has 0 radical (unpaired) electrons. The van der Waals surface area contributed by atoms with Crippen molar-refractivity contribution < 1.29 is 14.3 Å². The van der Waals surface area contributed by atoms with Crippen molar-refractivity contribution in [2.45, 2.75) is 19.4 Å². The predicted octanol–water partition coefficient (Wildman–Crippen LogP) is 3.10. The van der Waals surface area contributed by atoms with Crippen LogP contribution in [0.5, 0.6) is 0 Å². The molecule has 0 aromatic heterocycles. The quantitative estimate of drug-likeness (QED) is 0.790. The summed E-state index contributed by atoms with van der Waals surface area (Å²) < 4.78 is 11.4. The summed E-state index contributed by atoms with van der Waals surface area (Å²) in [7, 11) is 1.66. The molecular formula is C13H18INO3. The van der Waals surface area contributed by atoms with Crippen molar-refractivity contribution in [3.8, 4) is 0 Å². The highest BCUT2D eigenvalue weighted by Gasteiger charge is 2.18. The van der Waals surface area contributed by atoms with E-state index in [0.29, 0.717) is 13.0 Å². The van der Waals surface area contributed by atoms with Crippen LogP contribution in [0.2, 0.25) is 0 Å². The van der Waals surface area contributed by atoms with E-state index in [4.69, 9.17) is 15.2 Å². The van der Waals surface area contributed by atoms with Gasteiger partial charge in [-0.25, -0.2) is 4.79 Å². The third-order valence-corrected chi connectivity index (χ3v) is 3.22. The summed E-state index contributed by atoms with van der Waals surface area (Å²) in [6.07, 6.45) is -0.373. The maximum atomic E-state index is 11.0. The van der Waals surface area contributed by atoms with E-state index in [1.165, 1.54) is 0 Å². The number of halogens is 1. The molecule has 0 bridgehead atoms. The first-order chi connectivity index (χ1) is 8.52. The van der Waals surface area contributed by atoms with Crippen molar-refractivity contribution in [1.29, 1.82) is 0 Å². The highest BCUT2D eigenvalue weighted by atomic mass is 127. The monoisotopic (exact) mass is 363 g/mol. The fourth-order valence-corrected chi connectivity index (χ4v) is 2.38. The van der Waals surface area contributed by atoms with Crippen LogP contribution < -0.4 is 5.73 Å². The third kappa shape index (κ3) is 5.22. The van der Waals surface area contributed by atoms with E-state index in [9.17, 15) is 4.79 Å². The minimum absolute atomic E-state index is 0.289. The molecule has 0 heterocycles. The zero-order valence-corrected chi connectivity index (χ0v) is 12.7. The van der Waals surface area contributed by atoms with Gasteiger partial charge in [-0.15, -0.1) is 0 Å². The molecule has 0 aliphatic rings. The number of ether oxygens (including phenoxy) is 2. The molecule has 1 aromatic carbocycles. The molecule has 4 nitrogen and oxygen atoms in total. The average molecular weight is 363 g/mol. The maximum Gasteiger partial charge on any atom is 0.405 e. The van der Waals surface area contributed by atoms with Gasteiger partial charge in [0.05, 0.1) is 0 Å². The van der Waals surface area contributed by atoms with Gasteiger partial charge in [0.25, 0.3) is 0 Å². The fourth-order valence-electron chi connectivity index (χ4n) is 1.82. The molecule has 1 rings (SSSR count).